The average molecular weight is 386 g/mol. The number of aromatic amines is 1. The van der Waals surface area contributed by atoms with Gasteiger partial charge in [-0.1, -0.05) is 30.3 Å². The van der Waals surface area contributed by atoms with Crippen molar-refractivity contribution in [1.29, 1.82) is 0 Å². The smallest absolute Gasteiger partial charge is 0.121 e. The number of hydrogen-bond acceptors (Lipinski definition) is 2. The number of benzene rings is 3. The van der Waals surface area contributed by atoms with E-state index in [1.54, 1.807) is 0 Å². The summed E-state index contributed by atoms with van der Waals surface area (Å²) in [6.07, 6.45) is 0. The zero-order chi connectivity index (χ0) is 20.9. The molecule has 0 fully saturated rings. The number of imidazole rings is 1. The number of hydrogen-bond donors (Lipinski definition) is 1. The minimum Gasteiger partial charge on any atom is -0.340 e. The number of H-pyrrole nitrogens is 1. The van der Waals surface area contributed by atoms with E-state index < -0.39 is 0 Å². The molecule has 3 heteroatoms. The number of fused-ring (bicyclic) bond motifs is 3. The van der Waals surface area contributed by atoms with Crippen LogP contribution >= 0.6 is 0 Å². The van der Waals surface area contributed by atoms with Crippen LogP contribution in [0.2, 0.25) is 0 Å². The lowest BCUT2D eigenvalue weighted by Crippen LogP contribution is -2.17. The van der Waals surface area contributed by atoms with Crippen LogP contribution in [0.15, 0.2) is 30.3 Å². The highest BCUT2D eigenvalue weighted by Gasteiger charge is 2.19. The van der Waals surface area contributed by atoms with Crippen molar-refractivity contribution in [2.24, 2.45) is 0 Å². The van der Waals surface area contributed by atoms with Crippen LogP contribution in [0.4, 0.5) is 0 Å². The van der Waals surface area contributed by atoms with Crippen LogP contribution in [-0.4, -0.2) is 21.9 Å². The third-order valence-electron chi connectivity index (χ3n) is 6.70. The first-order valence-corrected chi connectivity index (χ1v) is 10.4. The summed E-state index contributed by atoms with van der Waals surface area (Å²) in [5, 5.41) is 2.73. The monoisotopic (exact) mass is 385 g/mol. The van der Waals surface area contributed by atoms with Gasteiger partial charge in [0.2, 0.25) is 0 Å². The molecule has 0 spiro atoms. The number of aromatic nitrogens is 2. The SMILES string of the molecule is Cc1c(C)c(C)c2c(c1C)c(C)c(C)c1nc(CN(C)Cc3ccccc3)[nH]c12. The van der Waals surface area contributed by atoms with Gasteiger partial charge in [-0.3, -0.25) is 4.90 Å². The molecule has 0 radical (unpaired) electrons. The molecule has 0 bridgehead atoms. The standard InChI is InChI=1S/C26H31N3/c1-15-16(2)18(4)24-23(17(15)3)19(5)20(6)25-26(24)28-22(27-25)14-29(7)13-21-11-9-8-10-12-21/h8-12H,13-14H2,1-7H3,(H,27,28). The van der Waals surface area contributed by atoms with E-state index in [1.807, 2.05) is 0 Å². The number of nitrogens with one attached hydrogen (secondary N) is 1. The zero-order valence-corrected chi connectivity index (χ0v) is 18.7. The van der Waals surface area contributed by atoms with Crippen molar-refractivity contribution in [3.8, 4) is 0 Å². The van der Waals surface area contributed by atoms with Crippen molar-refractivity contribution in [2.75, 3.05) is 7.05 Å². The van der Waals surface area contributed by atoms with Gasteiger partial charge < -0.3 is 4.98 Å². The predicted octanol–water partition coefficient (Wildman–Crippen LogP) is 6.20. The van der Waals surface area contributed by atoms with Crippen LogP contribution in [0.5, 0.6) is 0 Å². The van der Waals surface area contributed by atoms with Crippen molar-refractivity contribution in [3.63, 3.8) is 0 Å². The molecule has 0 aliphatic rings. The van der Waals surface area contributed by atoms with E-state index in [9.17, 15) is 0 Å². The van der Waals surface area contributed by atoms with Gasteiger partial charge >= 0.3 is 0 Å². The van der Waals surface area contributed by atoms with Gasteiger partial charge in [0.15, 0.2) is 0 Å². The molecule has 1 heterocycles. The van der Waals surface area contributed by atoms with Crippen LogP contribution in [-0.2, 0) is 13.1 Å². The molecular formula is C26H31N3. The Balaban J connectivity index is 1.83. The van der Waals surface area contributed by atoms with E-state index in [4.69, 9.17) is 4.98 Å². The van der Waals surface area contributed by atoms with Gasteiger partial charge in [0.05, 0.1) is 17.6 Å². The minimum absolute atomic E-state index is 0.798. The molecule has 29 heavy (non-hydrogen) atoms. The van der Waals surface area contributed by atoms with Gasteiger partial charge in [-0.2, -0.15) is 0 Å². The summed E-state index contributed by atoms with van der Waals surface area (Å²) in [4.78, 5) is 11.0. The first kappa shape index (κ1) is 19.7. The molecule has 150 valence electrons. The molecule has 3 aromatic carbocycles. The molecule has 4 aromatic rings. The molecule has 1 N–H and O–H groups in total. The third kappa shape index (κ3) is 3.24. The normalized spacial score (nSPS) is 11.9. The summed E-state index contributed by atoms with van der Waals surface area (Å²) < 4.78 is 0. The highest BCUT2D eigenvalue weighted by atomic mass is 15.1. The van der Waals surface area contributed by atoms with Gasteiger partial charge in [-0.25, -0.2) is 4.98 Å². The van der Waals surface area contributed by atoms with Crippen molar-refractivity contribution in [3.05, 3.63) is 75.1 Å². The first-order chi connectivity index (χ1) is 13.8. The second kappa shape index (κ2) is 7.31. The lowest BCUT2D eigenvalue weighted by Gasteiger charge is -2.18. The molecular weight excluding hydrogens is 354 g/mol. The Morgan fingerprint density at radius 2 is 1.31 bits per heavy atom. The first-order valence-electron chi connectivity index (χ1n) is 10.4. The number of aryl methyl sites for hydroxylation is 4. The highest BCUT2D eigenvalue weighted by molar-refractivity contribution is 6.11. The van der Waals surface area contributed by atoms with Crippen LogP contribution in [0.1, 0.15) is 44.8 Å². The van der Waals surface area contributed by atoms with Crippen LogP contribution < -0.4 is 0 Å². The second-order valence-electron chi connectivity index (χ2n) is 8.56. The molecule has 0 aliphatic carbocycles. The van der Waals surface area contributed by atoms with Crippen molar-refractivity contribution in [1.82, 2.24) is 14.9 Å². The maximum atomic E-state index is 5.03. The van der Waals surface area contributed by atoms with Crippen LogP contribution in [0, 0.1) is 41.5 Å². The Labute approximate surface area is 173 Å². The Bertz CT molecular complexity index is 1220. The molecule has 0 unspecified atom stereocenters. The van der Waals surface area contributed by atoms with Gasteiger partial charge in [0.25, 0.3) is 0 Å². The molecule has 4 rings (SSSR count). The molecule has 1 aromatic heterocycles. The topological polar surface area (TPSA) is 31.9 Å². The molecule has 0 saturated carbocycles. The summed E-state index contributed by atoms with van der Waals surface area (Å²) in [5.41, 5.74) is 11.8. The summed E-state index contributed by atoms with van der Waals surface area (Å²) >= 11 is 0. The molecule has 0 saturated heterocycles. The third-order valence-corrected chi connectivity index (χ3v) is 6.70. The lowest BCUT2D eigenvalue weighted by atomic mass is 9.87. The fraction of sp³-hybridized carbons (Fsp3) is 0.346. The quantitative estimate of drug-likeness (QED) is 0.453. The second-order valence-corrected chi connectivity index (χ2v) is 8.56. The van der Waals surface area contributed by atoms with E-state index in [0.717, 1.165) is 24.4 Å². The molecule has 3 nitrogen and oxygen atoms in total. The predicted molar refractivity (Wildman–Crippen MR) is 124 cm³/mol. The lowest BCUT2D eigenvalue weighted by molar-refractivity contribution is 0.312. The zero-order valence-electron chi connectivity index (χ0n) is 18.7. The van der Waals surface area contributed by atoms with Gasteiger partial charge in [-0.05, 0) is 92.9 Å². The van der Waals surface area contributed by atoms with Gasteiger partial charge in [-0.15, -0.1) is 0 Å². The average Bonchev–Trinajstić information content (AvgIpc) is 3.11. The van der Waals surface area contributed by atoms with E-state index in [0.29, 0.717) is 0 Å². The maximum absolute atomic E-state index is 5.03. The largest absolute Gasteiger partial charge is 0.340 e. The fourth-order valence-electron chi connectivity index (χ4n) is 4.61. The van der Waals surface area contributed by atoms with E-state index in [1.165, 1.54) is 55.2 Å². The Morgan fingerprint density at radius 3 is 1.97 bits per heavy atom. The van der Waals surface area contributed by atoms with E-state index in [-0.39, 0.29) is 0 Å². The minimum atomic E-state index is 0.798. The molecule has 0 aliphatic heterocycles. The van der Waals surface area contributed by atoms with Crippen LogP contribution in [0.25, 0.3) is 21.8 Å². The van der Waals surface area contributed by atoms with E-state index >= 15 is 0 Å². The fourth-order valence-corrected chi connectivity index (χ4v) is 4.61. The van der Waals surface area contributed by atoms with Gasteiger partial charge in [0.1, 0.15) is 5.82 Å². The summed E-state index contributed by atoms with van der Waals surface area (Å²) in [6.45, 7) is 15.1. The van der Waals surface area contributed by atoms with Gasteiger partial charge in [0, 0.05) is 11.9 Å². The summed E-state index contributed by atoms with van der Waals surface area (Å²) in [7, 11) is 2.15. The molecule has 0 amide bonds. The Kier molecular flexibility index (Phi) is 4.95. The number of nitrogens with zero attached hydrogens (tertiary/aromatic N) is 2. The number of rotatable bonds is 4. The molecule has 0 atom stereocenters. The Hall–Kier alpha value is -2.65. The highest BCUT2D eigenvalue weighted by Crippen LogP contribution is 2.38. The summed E-state index contributed by atoms with van der Waals surface area (Å²) in [5.74, 6) is 1.03. The van der Waals surface area contributed by atoms with Crippen LogP contribution in [0.3, 0.4) is 0 Å². The van der Waals surface area contributed by atoms with Crippen molar-refractivity contribution < 1.29 is 0 Å². The van der Waals surface area contributed by atoms with E-state index in [2.05, 4.69) is 88.8 Å². The Morgan fingerprint density at radius 1 is 0.724 bits per heavy atom. The van der Waals surface area contributed by atoms with Crippen molar-refractivity contribution in [2.45, 2.75) is 54.6 Å². The maximum Gasteiger partial charge on any atom is 0.121 e. The van der Waals surface area contributed by atoms with Crippen molar-refractivity contribution >= 4 is 21.8 Å². The summed E-state index contributed by atoms with van der Waals surface area (Å²) in [6, 6.07) is 10.6.